The van der Waals surface area contributed by atoms with Gasteiger partial charge in [0.15, 0.2) is 11.5 Å². The Morgan fingerprint density at radius 2 is 2.16 bits per heavy atom. The molecule has 1 aromatic carbocycles. The minimum absolute atomic E-state index is 0.0639. The van der Waals surface area contributed by atoms with Gasteiger partial charge < -0.3 is 15.2 Å². The van der Waals surface area contributed by atoms with E-state index in [-0.39, 0.29) is 6.04 Å². The first-order chi connectivity index (χ1) is 8.97. The first-order valence-electron chi connectivity index (χ1n) is 5.98. The van der Waals surface area contributed by atoms with Crippen molar-refractivity contribution in [3.05, 3.63) is 33.8 Å². The second-order valence-electron chi connectivity index (χ2n) is 4.53. The van der Waals surface area contributed by atoms with Gasteiger partial charge in [0.05, 0.1) is 12.1 Å². The van der Waals surface area contributed by atoms with Gasteiger partial charge in [-0.3, -0.25) is 0 Å². The molecular formula is C14H19Cl2NO2. The molecule has 106 valence electrons. The van der Waals surface area contributed by atoms with Crippen molar-refractivity contribution in [2.24, 2.45) is 5.73 Å². The van der Waals surface area contributed by atoms with Gasteiger partial charge in [0.1, 0.15) is 6.61 Å². The Kier molecular flexibility index (Phi) is 6.49. The molecule has 0 bridgehead atoms. The van der Waals surface area contributed by atoms with Crippen LogP contribution < -0.4 is 15.2 Å². The average molecular weight is 304 g/mol. The van der Waals surface area contributed by atoms with Crippen LogP contribution in [-0.2, 0) is 6.42 Å². The molecule has 0 radical (unpaired) electrons. The summed E-state index contributed by atoms with van der Waals surface area (Å²) in [7, 11) is 1.58. The summed E-state index contributed by atoms with van der Waals surface area (Å²) in [5.74, 6) is 1.13. The van der Waals surface area contributed by atoms with Gasteiger partial charge in [-0.25, -0.2) is 0 Å². The van der Waals surface area contributed by atoms with E-state index in [4.69, 9.17) is 38.4 Å². The van der Waals surface area contributed by atoms with Gasteiger partial charge in [0, 0.05) is 11.6 Å². The standard InChI is InChI=1S/C14H19Cl2NO2/c1-9(7-15)8-19-14-12(16)5-11(4-10(2)17)6-13(14)18-3/h5-7,10H,4,8,17H2,1-3H3/b9-7+. The highest BCUT2D eigenvalue weighted by molar-refractivity contribution is 6.32. The molecule has 0 aliphatic rings. The highest BCUT2D eigenvalue weighted by Crippen LogP contribution is 2.36. The normalized spacial score (nSPS) is 13.3. The van der Waals surface area contributed by atoms with Crippen LogP contribution >= 0.6 is 23.2 Å². The van der Waals surface area contributed by atoms with Crippen LogP contribution in [0.3, 0.4) is 0 Å². The fourth-order valence-corrected chi connectivity index (χ4v) is 1.97. The predicted molar refractivity (Wildman–Crippen MR) is 80.5 cm³/mol. The maximum absolute atomic E-state index is 6.23. The highest BCUT2D eigenvalue weighted by atomic mass is 35.5. The first-order valence-corrected chi connectivity index (χ1v) is 6.80. The molecule has 0 aliphatic heterocycles. The van der Waals surface area contributed by atoms with E-state index in [1.165, 1.54) is 5.54 Å². The van der Waals surface area contributed by atoms with E-state index in [2.05, 4.69) is 0 Å². The number of benzene rings is 1. The number of rotatable bonds is 6. The minimum Gasteiger partial charge on any atom is -0.493 e. The molecule has 1 rings (SSSR count). The molecular weight excluding hydrogens is 285 g/mol. The third-order valence-electron chi connectivity index (χ3n) is 2.48. The minimum atomic E-state index is 0.0639. The summed E-state index contributed by atoms with van der Waals surface area (Å²) < 4.78 is 10.9. The van der Waals surface area contributed by atoms with Gasteiger partial charge in [0.25, 0.3) is 0 Å². The fourth-order valence-electron chi connectivity index (χ4n) is 1.62. The maximum atomic E-state index is 6.23. The number of nitrogens with two attached hydrogens (primary N) is 1. The zero-order valence-electron chi connectivity index (χ0n) is 11.4. The smallest absolute Gasteiger partial charge is 0.180 e. The van der Waals surface area contributed by atoms with Crippen LogP contribution in [0.25, 0.3) is 0 Å². The molecule has 1 aromatic rings. The summed E-state index contributed by atoms with van der Waals surface area (Å²) in [4.78, 5) is 0. The van der Waals surface area contributed by atoms with Gasteiger partial charge >= 0.3 is 0 Å². The van der Waals surface area contributed by atoms with Crippen molar-refractivity contribution in [2.75, 3.05) is 13.7 Å². The summed E-state index contributed by atoms with van der Waals surface area (Å²) >= 11 is 11.8. The van der Waals surface area contributed by atoms with Crippen molar-refractivity contribution in [3.8, 4) is 11.5 Å². The van der Waals surface area contributed by atoms with Gasteiger partial charge in [-0.1, -0.05) is 23.2 Å². The quantitative estimate of drug-likeness (QED) is 0.870. The van der Waals surface area contributed by atoms with E-state index in [1.807, 2.05) is 26.0 Å². The Morgan fingerprint density at radius 3 is 2.68 bits per heavy atom. The van der Waals surface area contributed by atoms with Gasteiger partial charge in [-0.05, 0) is 43.5 Å². The molecule has 1 atom stereocenters. The number of hydrogen-bond donors (Lipinski definition) is 1. The van der Waals surface area contributed by atoms with Crippen LogP contribution in [0.2, 0.25) is 5.02 Å². The van der Waals surface area contributed by atoms with Crippen LogP contribution in [0.5, 0.6) is 11.5 Å². The molecule has 0 heterocycles. The molecule has 0 aromatic heterocycles. The third kappa shape index (κ3) is 4.94. The van der Waals surface area contributed by atoms with E-state index >= 15 is 0 Å². The Hall–Kier alpha value is -0.900. The molecule has 0 saturated heterocycles. The topological polar surface area (TPSA) is 44.5 Å². The molecule has 0 amide bonds. The van der Waals surface area contributed by atoms with Crippen LogP contribution in [-0.4, -0.2) is 19.8 Å². The number of hydrogen-bond acceptors (Lipinski definition) is 3. The van der Waals surface area contributed by atoms with Gasteiger partial charge in [-0.2, -0.15) is 0 Å². The third-order valence-corrected chi connectivity index (χ3v) is 3.13. The molecule has 0 saturated carbocycles. The first kappa shape index (κ1) is 16.2. The lowest BCUT2D eigenvalue weighted by Crippen LogP contribution is -2.17. The maximum Gasteiger partial charge on any atom is 0.180 e. The Bertz CT molecular complexity index is 459. The second-order valence-corrected chi connectivity index (χ2v) is 5.16. The molecule has 19 heavy (non-hydrogen) atoms. The summed E-state index contributed by atoms with van der Waals surface area (Å²) in [6.07, 6.45) is 0.733. The lowest BCUT2D eigenvalue weighted by molar-refractivity contribution is 0.319. The SMILES string of the molecule is COc1cc(CC(C)N)cc(Cl)c1OC/C(C)=C/Cl. The van der Waals surface area contributed by atoms with E-state index < -0.39 is 0 Å². The molecule has 2 N–H and O–H groups in total. The molecule has 1 unspecified atom stereocenters. The van der Waals surface area contributed by atoms with Crippen LogP contribution in [0.15, 0.2) is 23.2 Å². The van der Waals surface area contributed by atoms with E-state index in [0.29, 0.717) is 23.1 Å². The van der Waals surface area contributed by atoms with Crippen LogP contribution in [0.4, 0.5) is 0 Å². The zero-order chi connectivity index (χ0) is 14.4. The summed E-state index contributed by atoms with van der Waals surface area (Å²) in [6.45, 7) is 4.18. The summed E-state index contributed by atoms with van der Waals surface area (Å²) in [6, 6.07) is 3.81. The lowest BCUT2D eigenvalue weighted by Gasteiger charge is -2.15. The number of methoxy groups -OCH3 is 1. The van der Waals surface area contributed by atoms with Gasteiger partial charge in [-0.15, -0.1) is 0 Å². The van der Waals surface area contributed by atoms with Crippen molar-refractivity contribution in [2.45, 2.75) is 26.3 Å². The zero-order valence-corrected chi connectivity index (χ0v) is 12.9. The molecule has 0 spiro atoms. The largest absolute Gasteiger partial charge is 0.493 e. The van der Waals surface area contributed by atoms with E-state index in [9.17, 15) is 0 Å². The average Bonchev–Trinajstić information content (AvgIpc) is 2.35. The van der Waals surface area contributed by atoms with Crippen LogP contribution in [0.1, 0.15) is 19.4 Å². The Labute approximate surface area is 124 Å². The Balaban J connectivity index is 2.97. The van der Waals surface area contributed by atoms with Crippen molar-refractivity contribution < 1.29 is 9.47 Å². The molecule has 5 heteroatoms. The predicted octanol–water partition coefficient (Wildman–Crippen LogP) is 3.76. The number of halogens is 2. The van der Waals surface area contributed by atoms with E-state index in [0.717, 1.165) is 17.6 Å². The summed E-state index contributed by atoms with van der Waals surface area (Å²) in [5, 5.41) is 0.511. The Morgan fingerprint density at radius 1 is 1.47 bits per heavy atom. The lowest BCUT2D eigenvalue weighted by atomic mass is 10.1. The monoisotopic (exact) mass is 303 g/mol. The van der Waals surface area contributed by atoms with E-state index in [1.54, 1.807) is 7.11 Å². The van der Waals surface area contributed by atoms with Crippen LogP contribution in [0, 0.1) is 0 Å². The second kappa shape index (κ2) is 7.63. The fraction of sp³-hybridized carbons (Fsp3) is 0.429. The van der Waals surface area contributed by atoms with Crippen molar-refractivity contribution in [1.82, 2.24) is 0 Å². The molecule has 3 nitrogen and oxygen atoms in total. The summed E-state index contributed by atoms with van der Waals surface area (Å²) in [5.41, 5.74) is 9.18. The number of ether oxygens (including phenoxy) is 2. The molecule has 0 fully saturated rings. The highest BCUT2D eigenvalue weighted by Gasteiger charge is 2.13. The van der Waals surface area contributed by atoms with Crippen molar-refractivity contribution in [1.29, 1.82) is 0 Å². The molecule has 0 aliphatic carbocycles. The van der Waals surface area contributed by atoms with Crippen molar-refractivity contribution in [3.63, 3.8) is 0 Å². The van der Waals surface area contributed by atoms with Crippen molar-refractivity contribution >= 4 is 23.2 Å². The van der Waals surface area contributed by atoms with Gasteiger partial charge in [0.2, 0.25) is 0 Å².